The second kappa shape index (κ2) is 4.26. The van der Waals surface area contributed by atoms with Crippen LogP contribution in [0.25, 0.3) is 6.08 Å². The van der Waals surface area contributed by atoms with E-state index in [2.05, 4.69) is 10.3 Å². The van der Waals surface area contributed by atoms with Gasteiger partial charge < -0.3 is 5.32 Å². The largest absolute Gasteiger partial charge is 0.310 e. The molecule has 4 heteroatoms. The summed E-state index contributed by atoms with van der Waals surface area (Å²) in [4.78, 5) is 26.1. The van der Waals surface area contributed by atoms with Gasteiger partial charge in [-0.1, -0.05) is 0 Å². The summed E-state index contributed by atoms with van der Waals surface area (Å²) in [5.41, 5.74) is 1.90. The van der Waals surface area contributed by atoms with E-state index in [0.717, 1.165) is 11.1 Å². The molecule has 0 atom stereocenters. The zero-order valence-corrected chi connectivity index (χ0v) is 8.99. The van der Waals surface area contributed by atoms with Crippen LogP contribution in [0.4, 0.5) is 5.82 Å². The summed E-state index contributed by atoms with van der Waals surface area (Å²) in [6.07, 6.45) is 6.07. The average Bonchev–Trinajstić information content (AvgIpc) is 2.26. The van der Waals surface area contributed by atoms with Crippen molar-refractivity contribution in [1.29, 1.82) is 0 Å². The van der Waals surface area contributed by atoms with Crippen molar-refractivity contribution in [3.8, 4) is 0 Å². The Bertz CT molecular complexity index is 478. The van der Waals surface area contributed by atoms with E-state index in [9.17, 15) is 9.59 Å². The summed E-state index contributed by atoms with van der Waals surface area (Å²) in [7, 11) is 0. The standard InChI is InChI=1S/C12H12N2O2/c1-8(15)2-3-9-6-10-4-5-11(16)14-12(10)13-7-9/h2-3,6-7H,4-5H2,1H3,(H,13,14,16). The Morgan fingerprint density at radius 1 is 1.50 bits per heavy atom. The molecule has 0 fully saturated rings. The summed E-state index contributed by atoms with van der Waals surface area (Å²) >= 11 is 0. The van der Waals surface area contributed by atoms with Gasteiger partial charge in [0, 0.05) is 12.6 Å². The number of rotatable bonds is 2. The molecule has 2 heterocycles. The van der Waals surface area contributed by atoms with Gasteiger partial charge in [-0.05, 0) is 42.7 Å². The molecule has 0 spiro atoms. The van der Waals surface area contributed by atoms with Gasteiger partial charge in [0.25, 0.3) is 0 Å². The Kier molecular flexibility index (Phi) is 2.81. The van der Waals surface area contributed by atoms with Gasteiger partial charge in [-0.15, -0.1) is 0 Å². The highest BCUT2D eigenvalue weighted by atomic mass is 16.1. The summed E-state index contributed by atoms with van der Waals surface area (Å²) in [5.74, 6) is 0.647. The first-order valence-electron chi connectivity index (χ1n) is 5.12. The van der Waals surface area contributed by atoms with Crippen molar-refractivity contribution in [2.45, 2.75) is 19.8 Å². The number of carbonyl (C=O) groups is 2. The minimum absolute atomic E-state index is 0.00558. The van der Waals surface area contributed by atoms with Gasteiger partial charge in [0.05, 0.1) is 0 Å². The number of anilines is 1. The zero-order valence-electron chi connectivity index (χ0n) is 8.99. The van der Waals surface area contributed by atoms with Crippen LogP contribution in [0.3, 0.4) is 0 Å². The van der Waals surface area contributed by atoms with Crippen LogP contribution < -0.4 is 5.32 Å². The number of nitrogens with one attached hydrogen (secondary N) is 1. The first kappa shape index (κ1) is 10.5. The molecule has 0 radical (unpaired) electrons. The lowest BCUT2D eigenvalue weighted by Crippen LogP contribution is -2.20. The molecule has 1 aliphatic rings. The van der Waals surface area contributed by atoms with Crippen LogP contribution in [-0.2, 0) is 16.0 Å². The molecule has 1 N–H and O–H groups in total. The van der Waals surface area contributed by atoms with Crippen LogP contribution in [0.5, 0.6) is 0 Å². The van der Waals surface area contributed by atoms with Crippen LogP contribution in [-0.4, -0.2) is 16.7 Å². The van der Waals surface area contributed by atoms with E-state index in [4.69, 9.17) is 0 Å². The highest BCUT2D eigenvalue weighted by Gasteiger charge is 2.15. The Balaban J connectivity index is 2.26. The number of fused-ring (bicyclic) bond motifs is 1. The molecule has 1 aromatic rings. The maximum atomic E-state index is 11.1. The van der Waals surface area contributed by atoms with Crippen LogP contribution in [0.2, 0.25) is 0 Å². The molecule has 1 amide bonds. The van der Waals surface area contributed by atoms with E-state index in [-0.39, 0.29) is 11.7 Å². The van der Waals surface area contributed by atoms with Gasteiger partial charge in [0.15, 0.2) is 5.78 Å². The maximum Gasteiger partial charge on any atom is 0.225 e. The first-order valence-corrected chi connectivity index (χ1v) is 5.12. The number of pyridine rings is 1. The summed E-state index contributed by atoms with van der Waals surface area (Å²) in [6, 6.07) is 1.95. The SMILES string of the molecule is CC(=O)C=Cc1cnc2c(c1)CCC(=O)N2. The van der Waals surface area contributed by atoms with Crippen LogP contribution in [0.15, 0.2) is 18.3 Å². The van der Waals surface area contributed by atoms with Crippen molar-refractivity contribution >= 4 is 23.6 Å². The summed E-state index contributed by atoms with van der Waals surface area (Å²) < 4.78 is 0. The third-order valence-electron chi connectivity index (χ3n) is 2.38. The number of ketones is 1. The first-order chi connectivity index (χ1) is 7.65. The third-order valence-corrected chi connectivity index (χ3v) is 2.38. The van der Waals surface area contributed by atoms with Crippen molar-refractivity contribution in [2.75, 3.05) is 5.32 Å². The second-order valence-electron chi connectivity index (χ2n) is 3.77. The van der Waals surface area contributed by atoms with Crippen LogP contribution in [0, 0.1) is 0 Å². The molecule has 1 aromatic heterocycles. The third kappa shape index (κ3) is 2.34. The topological polar surface area (TPSA) is 59.1 Å². The Labute approximate surface area is 93.4 Å². The number of allylic oxidation sites excluding steroid dienone is 1. The molecule has 0 saturated heterocycles. The van der Waals surface area contributed by atoms with Crippen molar-refractivity contribution in [3.05, 3.63) is 29.5 Å². The maximum absolute atomic E-state index is 11.1. The molecule has 0 bridgehead atoms. The van der Waals surface area contributed by atoms with E-state index in [0.29, 0.717) is 18.7 Å². The Hall–Kier alpha value is -1.97. The molecule has 0 saturated carbocycles. The number of aryl methyl sites for hydroxylation is 1. The van der Waals surface area contributed by atoms with E-state index >= 15 is 0 Å². The molecule has 0 aromatic carbocycles. The number of nitrogens with zero attached hydrogens (tertiary/aromatic N) is 1. The number of hydrogen-bond donors (Lipinski definition) is 1. The number of carbonyl (C=O) groups excluding carboxylic acids is 2. The predicted molar refractivity (Wildman–Crippen MR) is 60.9 cm³/mol. The highest BCUT2D eigenvalue weighted by molar-refractivity contribution is 5.93. The quantitative estimate of drug-likeness (QED) is 0.763. The molecule has 0 unspecified atom stereocenters. The Morgan fingerprint density at radius 2 is 2.31 bits per heavy atom. The average molecular weight is 216 g/mol. The van der Waals surface area contributed by atoms with Crippen molar-refractivity contribution in [1.82, 2.24) is 4.98 Å². The minimum Gasteiger partial charge on any atom is -0.310 e. The van der Waals surface area contributed by atoms with Crippen molar-refractivity contribution in [3.63, 3.8) is 0 Å². The summed E-state index contributed by atoms with van der Waals surface area (Å²) in [6.45, 7) is 1.50. The lowest BCUT2D eigenvalue weighted by Gasteiger charge is -2.15. The summed E-state index contributed by atoms with van der Waals surface area (Å²) in [5, 5.41) is 2.71. The van der Waals surface area contributed by atoms with Gasteiger partial charge in [-0.25, -0.2) is 4.98 Å². The van der Waals surface area contributed by atoms with E-state index in [1.165, 1.54) is 13.0 Å². The van der Waals surface area contributed by atoms with Crippen LogP contribution >= 0.6 is 0 Å². The fourth-order valence-electron chi connectivity index (χ4n) is 1.58. The number of aromatic nitrogens is 1. The highest BCUT2D eigenvalue weighted by Crippen LogP contribution is 2.21. The van der Waals surface area contributed by atoms with Gasteiger partial charge in [-0.2, -0.15) is 0 Å². The fourth-order valence-corrected chi connectivity index (χ4v) is 1.58. The van der Waals surface area contributed by atoms with Crippen molar-refractivity contribution in [2.24, 2.45) is 0 Å². The van der Waals surface area contributed by atoms with E-state index in [1.54, 1.807) is 12.3 Å². The Morgan fingerprint density at radius 3 is 3.06 bits per heavy atom. The monoisotopic (exact) mass is 216 g/mol. The lowest BCUT2D eigenvalue weighted by molar-refractivity contribution is -0.116. The van der Waals surface area contributed by atoms with Gasteiger partial charge >= 0.3 is 0 Å². The fraction of sp³-hybridized carbons (Fsp3) is 0.250. The van der Waals surface area contributed by atoms with Gasteiger partial charge in [-0.3, -0.25) is 9.59 Å². The molecule has 1 aliphatic heterocycles. The molecule has 2 rings (SSSR count). The number of hydrogen-bond acceptors (Lipinski definition) is 3. The molecule has 82 valence electrons. The molecule has 0 aliphatic carbocycles. The second-order valence-corrected chi connectivity index (χ2v) is 3.77. The molecule has 16 heavy (non-hydrogen) atoms. The lowest BCUT2D eigenvalue weighted by atomic mass is 10.0. The van der Waals surface area contributed by atoms with Gasteiger partial charge in [0.2, 0.25) is 5.91 Å². The predicted octanol–water partition coefficient (Wildman–Crippen LogP) is 1.57. The van der Waals surface area contributed by atoms with Gasteiger partial charge in [0.1, 0.15) is 5.82 Å². The normalized spacial score (nSPS) is 14.7. The molecule has 4 nitrogen and oxygen atoms in total. The van der Waals surface area contributed by atoms with E-state index < -0.39 is 0 Å². The molecular weight excluding hydrogens is 204 g/mol. The number of amides is 1. The minimum atomic E-state index is 0.00558. The van der Waals surface area contributed by atoms with Crippen LogP contribution in [0.1, 0.15) is 24.5 Å². The smallest absolute Gasteiger partial charge is 0.225 e. The molecular formula is C12H12N2O2. The zero-order chi connectivity index (χ0) is 11.5. The van der Waals surface area contributed by atoms with Crippen molar-refractivity contribution < 1.29 is 9.59 Å². The van der Waals surface area contributed by atoms with E-state index in [1.807, 2.05) is 6.07 Å².